The molecular weight excluding hydrogens is 464 g/mol. The van der Waals surface area contributed by atoms with Crippen molar-refractivity contribution >= 4 is 5.97 Å². The van der Waals surface area contributed by atoms with Crippen LogP contribution in [0.2, 0.25) is 0 Å². The van der Waals surface area contributed by atoms with Gasteiger partial charge in [0.2, 0.25) is 0 Å². The molecule has 35 heavy (non-hydrogen) atoms. The Morgan fingerprint density at radius 1 is 0.886 bits per heavy atom. The Morgan fingerprint density at radius 3 is 2.14 bits per heavy atom. The molecule has 1 saturated carbocycles. The van der Waals surface area contributed by atoms with Crippen LogP contribution in [-0.4, -0.2) is 24.4 Å². The highest BCUT2D eigenvalue weighted by Crippen LogP contribution is 2.64. The van der Waals surface area contributed by atoms with Crippen LogP contribution < -0.4 is 9.47 Å². The highest BCUT2D eigenvalue weighted by Gasteiger charge is 2.84. The summed E-state index contributed by atoms with van der Waals surface area (Å²) in [6.45, 7) is 3.62. The zero-order chi connectivity index (χ0) is 25.3. The number of carbonyl (C=O) groups excluding carboxylic acids is 1. The Bertz CT molecular complexity index is 1210. The van der Waals surface area contributed by atoms with Crippen molar-refractivity contribution in [2.45, 2.75) is 44.1 Å². The first-order valence-electron chi connectivity index (χ1n) is 11.1. The molecular formula is C27H24F4O4. The second-order valence-electron chi connectivity index (χ2n) is 8.46. The summed E-state index contributed by atoms with van der Waals surface area (Å²) in [6.07, 6.45) is -1.35. The number of aryl methyl sites for hydroxylation is 1. The van der Waals surface area contributed by atoms with Gasteiger partial charge in [0, 0.05) is 6.42 Å². The van der Waals surface area contributed by atoms with Gasteiger partial charge in [-0.25, -0.2) is 0 Å². The molecule has 4 rings (SSSR count). The minimum atomic E-state index is -4.61. The van der Waals surface area contributed by atoms with E-state index in [1.807, 2.05) is 25.1 Å². The minimum absolute atomic E-state index is 0.251. The Kier molecular flexibility index (Phi) is 6.49. The average molecular weight is 488 g/mol. The molecule has 0 spiro atoms. The van der Waals surface area contributed by atoms with E-state index in [0.29, 0.717) is 29.4 Å². The number of hydrogen-bond acceptors (Lipinski definition) is 4. The summed E-state index contributed by atoms with van der Waals surface area (Å²) in [4.78, 5) is 13.0. The molecule has 184 valence electrons. The first-order chi connectivity index (χ1) is 16.6. The van der Waals surface area contributed by atoms with Crippen molar-refractivity contribution < 1.29 is 36.6 Å². The maximum atomic E-state index is 14.8. The van der Waals surface area contributed by atoms with Crippen LogP contribution in [0, 0.1) is 6.92 Å². The van der Waals surface area contributed by atoms with E-state index in [0.717, 1.165) is 5.56 Å². The molecule has 0 amide bonds. The first-order valence-corrected chi connectivity index (χ1v) is 11.1. The Labute approximate surface area is 200 Å². The summed E-state index contributed by atoms with van der Waals surface area (Å²) in [5.74, 6) is -8.93. The van der Waals surface area contributed by atoms with Gasteiger partial charge in [0.1, 0.15) is 23.9 Å². The van der Waals surface area contributed by atoms with Gasteiger partial charge in [0.25, 0.3) is 0 Å². The molecule has 3 aromatic rings. The highest BCUT2D eigenvalue weighted by atomic mass is 19.3. The zero-order valence-electron chi connectivity index (χ0n) is 19.2. The molecule has 1 fully saturated rings. The largest absolute Gasteiger partial charge is 0.494 e. The van der Waals surface area contributed by atoms with E-state index in [1.165, 1.54) is 24.3 Å². The molecule has 8 heteroatoms. The van der Waals surface area contributed by atoms with Crippen molar-refractivity contribution in [3.8, 4) is 17.2 Å². The monoisotopic (exact) mass is 488 g/mol. The van der Waals surface area contributed by atoms with Crippen molar-refractivity contribution in [2.24, 2.45) is 0 Å². The number of carbonyl (C=O) groups is 1. The van der Waals surface area contributed by atoms with Crippen LogP contribution in [0.4, 0.5) is 17.6 Å². The first kappa shape index (κ1) is 24.6. The van der Waals surface area contributed by atoms with E-state index < -0.39 is 29.7 Å². The van der Waals surface area contributed by atoms with Gasteiger partial charge in [-0.1, -0.05) is 36.4 Å². The lowest BCUT2D eigenvalue weighted by Crippen LogP contribution is -2.72. The fourth-order valence-electron chi connectivity index (χ4n) is 4.15. The van der Waals surface area contributed by atoms with E-state index >= 15 is 0 Å². The SMILES string of the molecule is CCOc1ccc(C2(C(=O)OCc3cccc(Oc4cccc(C)c4)c3)CC(F)(F)C2(F)F)cc1. The highest BCUT2D eigenvalue weighted by molar-refractivity contribution is 5.87. The van der Waals surface area contributed by atoms with Crippen LogP contribution in [-0.2, 0) is 21.6 Å². The van der Waals surface area contributed by atoms with Gasteiger partial charge in [-0.2, -0.15) is 17.6 Å². The van der Waals surface area contributed by atoms with Crippen LogP contribution in [0.3, 0.4) is 0 Å². The van der Waals surface area contributed by atoms with Crippen LogP contribution in [0.5, 0.6) is 17.2 Å². The molecule has 0 aliphatic heterocycles. The Balaban J connectivity index is 1.53. The smallest absolute Gasteiger partial charge is 0.330 e. The fourth-order valence-corrected chi connectivity index (χ4v) is 4.15. The molecule has 3 aromatic carbocycles. The van der Waals surface area contributed by atoms with Crippen LogP contribution in [0.15, 0.2) is 72.8 Å². The molecule has 1 aliphatic carbocycles. The van der Waals surface area contributed by atoms with E-state index in [9.17, 15) is 22.4 Å². The number of halogens is 4. The molecule has 4 nitrogen and oxygen atoms in total. The van der Waals surface area contributed by atoms with Crippen molar-refractivity contribution in [1.29, 1.82) is 0 Å². The number of alkyl halides is 4. The van der Waals surface area contributed by atoms with Gasteiger partial charge >= 0.3 is 17.8 Å². The predicted molar refractivity (Wildman–Crippen MR) is 121 cm³/mol. The Morgan fingerprint density at radius 2 is 1.54 bits per heavy atom. The summed E-state index contributed by atoms with van der Waals surface area (Å²) in [6, 6.07) is 19.1. The quantitative estimate of drug-likeness (QED) is 0.257. The molecule has 0 bridgehead atoms. The van der Waals surface area contributed by atoms with Gasteiger partial charge in [-0.05, 0) is 66.9 Å². The van der Waals surface area contributed by atoms with Crippen LogP contribution in [0.25, 0.3) is 0 Å². The van der Waals surface area contributed by atoms with Crippen LogP contribution in [0.1, 0.15) is 30.0 Å². The lowest BCUT2D eigenvalue weighted by molar-refractivity contribution is -0.323. The standard InChI is InChI=1S/C27H24F4O4/c1-3-33-21-12-10-20(11-13-21)25(17-26(28,29)27(25,30)31)24(32)34-16-19-7-5-9-23(15-19)35-22-8-4-6-18(2)14-22/h4-15H,3,16-17H2,1-2H3. The molecule has 0 saturated heterocycles. The van der Waals surface area contributed by atoms with Crippen molar-refractivity contribution in [3.05, 3.63) is 89.5 Å². The lowest BCUT2D eigenvalue weighted by atomic mass is 9.58. The molecule has 0 heterocycles. The number of esters is 1. The summed E-state index contributed by atoms with van der Waals surface area (Å²) in [5, 5.41) is 0. The molecule has 1 unspecified atom stereocenters. The lowest BCUT2D eigenvalue weighted by Gasteiger charge is -2.51. The van der Waals surface area contributed by atoms with Crippen molar-refractivity contribution in [2.75, 3.05) is 6.61 Å². The normalized spacial score (nSPS) is 19.9. The fraction of sp³-hybridized carbons (Fsp3) is 0.296. The average Bonchev–Trinajstić information content (AvgIpc) is 2.82. The van der Waals surface area contributed by atoms with Crippen molar-refractivity contribution in [1.82, 2.24) is 0 Å². The summed E-state index contributed by atoms with van der Waals surface area (Å²) in [5.41, 5.74) is -1.58. The van der Waals surface area contributed by atoms with E-state index in [-0.39, 0.29) is 12.2 Å². The number of hydrogen-bond donors (Lipinski definition) is 0. The maximum absolute atomic E-state index is 14.8. The maximum Gasteiger partial charge on any atom is 0.330 e. The third-order valence-electron chi connectivity index (χ3n) is 5.98. The summed E-state index contributed by atoms with van der Waals surface area (Å²) >= 11 is 0. The Hall–Kier alpha value is -3.55. The second-order valence-corrected chi connectivity index (χ2v) is 8.46. The number of ether oxygens (including phenoxy) is 3. The summed E-state index contributed by atoms with van der Waals surface area (Å²) < 4.78 is 73.6. The second kappa shape index (κ2) is 9.24. The van der Waals surface area contributed by atoms with Gasteiger partial charge in [-0.15, -0.1) is 0 Å². The van der Waals surface area contributed by atoms with Gasteiger partial charge < -0.3 is 14.2 Å². The molecule has 0 aromatic heterocycles. The zero-order valence-corrected chi connectivity index (χ0v) is 19.2. The topological polar surface area (TPSA) is 44.8 Å². The molecule has 0 radical (unpaired) electrons. The molecule has 1 atom stereocenters. The van der Waals surface area contributed by atoms with Crippen molar-refractivity contribution in [3.63, 3.8) is 0 Å². The number of benzene rings is 3. The van der Waals surface area contributed by atoms with Gasteiger partial charge in [0.15, 0.2) is 5.41 Å². The van der Waals surface area contributed by atoms with E-state index in [4.69, 9.17) is 14.2 Å². The minimum Gasteiger partial charge on any atom is -0.494 e. The third kappa shape index (κ3) is 4.45. The third-order valence-corrected chi connectivity index (χ3v) is 5.98. The van der Waals surface area contributed by atoms with Crippen LogP contribution >= 0.6 is 0 Å². The predicted octanol–water partition coefficient (Wildman–Crippen LogP) is 6.84. The molecule has 0 N–H and O–H groups in total. The van der Waals surface area contributed by atoms with E-state index in [1.54, 1.807) is 37.3 Å². The number of rotatable bonds is 8. The molecule has 1 aliphatic rings. The summed E-state index contributed by atoms with van der Waals surface area (Å²) in [7, 11) is 0. The van der Waals surface area contributed by atoms with Gasteiger partial charge in [0.05, 0.1) is 6.61 Å². The van der Waals surface area contributed by atoms with E-state index in [2.05, 4.69) is 0 Å². The van der Waals surface area contributed by atoms with Gasteiger partial charge in [-0.3, -0.25) is 4.79 Å².